The topological polar surface area (TPSA) is 83.1 Å². The summed E-state index contributed by atoms with van der Waals surface area (Å²) in [5.41, 5.74) is 1.68. The predicted molar refractivity (Wildman–Crippen MR) is 157 cm³/mol. The van der Waals surface area contributed by atoms with Gasteiger partial charge < -0.3 is 9.88 Å². The summed E-state index contributed by atoms with van der Waals surface area (Å²) < 4.78 is 64.1. The van der Waals surface area contributed by atoms with Gasteiger partial charge in [-0.25, -0.2) is 8.42 Å². The van der Waals surface area contributed by atoms with Crippen LogP contribution in [-0.2, 0) is 16.0 Å². The van der Waals surface area contributed by atoms with Crippen molar-refractivity contribution in [1.29, 1.82) is 0 Å². The number of pyridine rings is 1. The molecule has 5 rings (SSSR count). The molecular weight excluding hydrogens is 610 g/mol. The number of ketones is 1. The molecule has 1 fully saturated rings. The van der Waals surface area contributed by atoms with Crippen LogP contribution in [0.2, 0.25) is 0 Å². The van der Waals surface area contributed by atoms with E-state index in [2.05, 4.69) is 14.9 Å². The number of carbonyl (C=O) groups is 1. The lowest BCUT2D eigenvalue weighted by molar-refractivity contribution is -0.137. The Bertz CT molecular complexity index is 1600. The second kappa shape index (κ2) is 12.8. The molecule has 1 aliphatic rings. The second-order valence-corrected chi connectivity index (χ2v) is 11.3. The van der Waals surface area contributed by atoms with Gasteiger partial charge in [0.1, 0.15) is 0 Å². The summed E-state index contributed by atoms with van der Waals surface area (Å²) >= 11 is 0. The van der Waals surface area contributed by atoms with Crippen LogP contribution in [0.3, 0.4) is 0 Å². The molecule has 1 N–H and O–H groups in total. The number of hydrogen-bond donors (Lipinski definition) is 1. The number of fused-ring (bicyclic) bond motifs is 1. The number of anilines is 1. The van der Waals surface area contributed by atoms with E-state index in [1.165, 1.54) is 18.3 Å². The zero-order valence-electron chi connectivity index (χ0n) is 21.1. The van der Waals surface area contributed by atoms with Gasteiger partial charge in [0.05, 0.1) is 16.0 Å². The number of nitrogens with one attached hydrogen (secondary N) is 1. The Morgan fingerprint density at radius 2 is 1.70 bits per heavy atom. The van der Waals surface area contributed by atoms with Crippen molar-refractivity contribution in [3.63, 3.8) is 0 Å². The lowest BCUT2D eigenvalue weighted by Gasteiger charge is -2.33. The number of hydrogen-bond acceptors (Lipinski definition) is 5. The van der Waals surface area contributed by atoms with Crippen LogP contribution in [0.4, 0.5) is 18.9 Å². The number of aromatic nitrogens is 2. The van der Waals surface area contributed by atoms with E-state index in [-0.39, 0.29) is 59.4 Å². The number of aromatic amines is 1. The van der Waals surface area contributed by atoms with Crippen molar-refractivity contribution in [2.75, 3.05) is 24.2 Å². The number of halogens is 6. The summed E-state index contributed by atoms with van der Waals surface area (Å²) in [4.78, 5) is 22.3. The van der Waals surface area contributed by atoms with E-state index in [1.54, 1.807) is 36.5 Å². The van der Waals surface area contributed by atoms with Crippen molar-refractivity contribution < 1.29 is 26.4 Å². The molecule has 0 aliphatic carbocycles. The maximum Gasteiger partial charge on any atom is 0.418 e. The van der Waals surface area contributed by atoms with E-state index < -0.39 is 21.6 Å². The Morgan fingerprint density at radius 3 is 2.35 bits per heavy atom. The Balaban J connectivity index is 0.00000187. The van der Waals surface area contributed by atoms with Gasteiger partial charge in [0.2, 0.25) is 0 Å². The van der Waals surface area contributed by atoms with Crippen molar-refractivity contribution in [2.24, 2.45) is 5.92 Å². The van der Waals surface area contributed by atoms with Gasteiger partial charge in [-0.15, -0.1) is 37.2 Å². The SMILES string of the molecule is CS(=O)(=O)c1cccc(C(=O)C2CCN(c3ccnc4ccc(-c5c[nH]cc5C(F)(F)F)cc34)CC2)c1.Cl.Cl.Cl. The Labute approximate surface area is 248 Å². The second-order valence-electron chi connectivity index (χ2n) is 9.27. The van der Waals surface area contributed by atoms with Crippen LogP contribution in [0, 0.1) is 5.92 Å². The Morgan fingerprint density at radius 1 is 1.00 bits per heavy atom. The number of rotatable bonds is 5. The van der Waals surface area contributed by atoms with Gasteiger partial charge in [-0.3, -0.25) is 9.78 Å². The Kier molecular flexibility index (Phi) is 10.7. The molecule has 0 atom stereocenters. The third kappa shape index (κ3) is 6.74. The van der Waals surface area contributed by atoms with Crippen LogP contribution in [0.15, 0.2) is 72.0 Å². The number of carbonyl (C=O) groups excluding carboxylic acids is 1. The number of benzene rings is 2. The highest BCUT2D eigenvalue weighted by atomic mass is 35.5. The molecule has 1 aliphatic heterocycles. The molecule has 1 saturated heterocycles. The molecular formula is C27H27Cl3F3N3O3S. The zero-order valence-corrected chi connectivity index (χ0v) is 24.4. The molecule has 4 aromatic rings. The van der Waals surface area contributed by atoms with Crippen molar-refractivity contribution in [2.45, 2.75) is 23.9 Å². The molecule has 6 nitrogen and oxygen atoms in total. The van der Waals surface area contributed by atoms with Gasteiger partial charge in [-0.05, 0) is 48.7 Å². The highest BCUT2D eigenvalue weighted by Gasteiger charge is 2.34. The van der Waals surface area contributed by atoms with E-state index in [0.717, 1.165) is 23.5 Å². The van der Waals surface area contributed by atoms with E-state index in [4.69, 9.17) is 0 Å². The fourth-order valence-corrected chi connectivity index (χ4v) is 5.58. The molecule has 0 saturated carbocycles. The van der Waals surface area contributed by atoms with Gasteiger partial charge in [0, 0.05) is 66.1 Å². The van der Waals surface area contributed by atoms with E-state index in [1.807, 2.05) is 6.07 Å². The standard InChI is InChI=1S/C27H24F3N3O3S.3ClH/c1-37(35,36)20-4-2-3-19(13-20)26(34)17-8-11-33(12-9-17)25-7-10-32-24-6-5-18(14-21(24)25)22-15-31-16-23(22)27(28,29)30;;;/h2-7,10,13-17,31H,8-9,11-12H2,1H3;3*1H. The van der Waals surface area contributed by atoms with E-state index >= 15 is 0 Å². The minimum absolute atomic E-state index is 0. The molecule has 0 radical (unpaired) electrons. The number of alkyl halides is 3. The molecule has 2 aromatic heterocycles. The average Bonchev–Trinajstić information content (AvgIpc) is 3.38. The first-order valence-electron chi connectivity index (χ1n) is 11.7. The summed E-state index contributed by atoms with van der Waals surface area (Å²) in [5.74, 6) is -0.330. The first kappa shape index (κ1) is 33.4. The van der Waals surface area contributed by atoms with Crippen LogP contribution in [-0.4, -0.2) is 43.5 Å². The molecule has 0 amide bonds. The number of Topliss-reactive ketones (excluding diaryl/α,β-unsaturated/α-hetero) is 1. The third-order valence-electron chi connectivity index (χ3n) is 6.83. The van der Waals surface area contributed by atoms with Gasteiger partial charge in [0.25, 0.3) is 0 Å². The van der Waals surface area contributed by atoms with Gasteiger partial charge >= 0.3 is 6.18 Å². The molecule has 216 valence electrons. The monoisotopic (exact) mass is 635 g/mol. The number of H-pyrrole nitrogens is 1. The highest BCUT2D eigenvalue weighted by molar-refractivity contribution is 7.90. The van der Waals surface area contributed by atoms with E-state index in [9.17, 15) is 26.4 Å². The number of nitrogens with zero attached hydrogens (tertiary/aromatic N) is 2. The van der Waals surface area contributed by atoms with Crippen LogP contribution in [0.25, 0.3) is 22.0 Å². The van der Waals surface area contributed by atoms with Crippen molar-refractivity contribution in [3.8, 4) is 11.1 Å². The van der Waals surface area contributed by atoms with Gasteiger partial charge in [0.15, 0.2) is 15.6 Å². The first-order chi connectivity index (χ1) is 17.5. The molecule has 0 bridgehead atoms. The van der Waals surface area contributed by atoms with Crippen molar-refractivity contribution >= 4 is 69.4 Å². The van der Waals surface area contributed by atoms with Gasteiger partial charge in [-0.2, -0.15) is 13.2 Å². The maximum absolute atomic E-state index is 13.5. The summed E-state index contributed by atoms with van der Waals surface area (Å²) in [6.07, 6.45) is 1.75. The maximum atomic E-state index is 13.5. The molecule has 2 aromatic carbocycles. The van der Waals surface area contributed by atoms with Crippen molar-refractivity contribution in [3.05, 3.63) is 78.2 Å². The van der Waals surface area contributed by atoms with Crippen LogP contribution in [0.5, 0.6) is 0 Å². The largest absolute Gasteiger partial charge is 0.418 e. The van der Waals surface area contributed by atoms with Crippen LogP contribution in [0.1, 0.15) is 28.8 Å². The quantitative estimate of drug-likeness (QED) is 0.238. The number of piperidine rings is 1. The first-order valence-corrected chi connectivity index (χ1v) is 13.6. The lowest BCUT2D eigenvalue weighted by atomic mass is 9.88. The molecule has 40 heavy (non-hydrogen) atoms. The van der Waals surface area contributed by atoms with Crippen LogP contribution < -0.4 is 4.90 Å². The van der Waals surface area contributed by atoms with Crippen LogP contribution >= 0.6 is 37.2 Å². The van der Waals surface area contributed by atoms with Crippen molar-refractivity contribution in [1.82, 2.24) is 9.97 Å². The molecule has 13 heteroatoms. The summed E-state index contributed by atoms with van der Waals surface area (Å²) in [6.45, 7) is 1.15. The van der Waals surface area contributed by atoms with E-state index in [0.29, 0.717) is 42.6 Å². The summed E-state index contributed by atoms with van der Waals surface area (Å²) in [5, 5.41) is 0.736. The molecule has 3 heterocycles. The lowest BCUT2D eigenvalue weighted by Crippen LogP contribution is -2.36. The minimum atomic E-state index is -4.47. The average molecular weight is 637 g/mol. The highest BCUT2D eigenvalue weighted by Crippen LogP contribution is 2.39. The zero-order chi connectivity index (χ0) is 26.4. The van der Waals surface area contributed by atoms with Gasteiger partial charge in [-0.1, -0.05) is 18.2 Å². The predicted octanol–water partition coefficient (Wildman–Crippen LogP) is 7.02. The normalized spacial score (nSPS) is 14.2. The molecule has 0 unspecified atom stereocenters. The fraction of sp³-hybridized carbons (Fsp3) is 0.259. The fourth-order valence-electron chi connectivity index (χ4n) is 4.91. The third-order valence-corrected chi connectivity index (χ3v) is 7.94. The summed E-state index contributed by atoms with van der Waals surface area (Å²) in [7, 11) is -3.42. The number of sulfone groups is 1. The molecule has 0 spiro atoms. The summed E-state index contributed by atoms with van der Waals surface area (Å²) in [6, 6.07) is 13.0. The minimum Gasteiger partial charge on any atom is -0.371 e. The smallest absolute Gasteiger partial charge is 0.371 e. The Hall–Kier alpha value is -2.79.